The molecule has 8 aromatic rings. The number of benzene rings is 8. The molecule has 0 aliphatic rings. The lowest BCUT2D eigenvalue weighted by atomic mass is 9.87. The summed E-state index contributed by atoms with van der Waals surface area (Å²) < 4.78 is 0. The van der Waals surface area contributed by atoms with Crippen molar-refractivity contribution in [2.24, 2.45) is 0 Å². The number of allylic oxidation sites excluding steroid dienone is 1. The van der Waals surface area contributed by atoms with Gasteiger partial charge in [0.2, 0.25) is 0 Å². The van der Waals surface area contributed by atoms with Crippen LogP contribution in [0, 0.1) is 13.8 Å². The standard InChI is InChI=1S/C49H44N2/c1-32(2)35-14-22-39(23-15-35)50(41-12-8-10-33(3)30-41)45-28-18-36-17-27-44-46(29-19-37-16-26-43(45)47(36)48(37)44)51(42-13-9-11-34(4)31-42)40-24-20-38(21-25-40)49(5,6)7/h8-31H,1H2,2-7H3. The van der Waals surface area contributed by atoms with E-state index < -0.39 is 0 Å². The first-order valence-corrected chi connectivity index (χ1v) is 17.9. The number of hydrogen-bond donors (Lipinski definition) is 0. The van der Waals surface area contributed by atoms with E-state index in [0.717, 1.165) is 39.6 Å². The molecule has 0 fully saturated rings. The van der Waals surface area contributed by atoms with Gasteiger partial charge in [0.25, 0.3) is 0 Å². The van der Waals surface area contributed by atoms with E-state index >= 15 is 0 Å². The Morgan fingerprint density at radius 1 is 0.490 bits per heavy atom. The highest BCUT2D eigenvalue weighted by Gasteiger charge is 2.22. The van der Waals surface area contributed by atoms with Crippen molar-refractivity contribution in [1.29, 1.82) is 0 Å². The summed E-state index contributed by atoms with van der Waals surface area (Å²) in [5.74, 6) is 0. The summed E-state index contributed by atoms with van der Waals surface area (Å²) in [5, 5.41) is 7.51. The lowest BCUT2D eigenvalue weighted by Crippen LogP contribution is -2.13. The zero-order valence-electron chi connectivity index (χ0n) is 30.5. The highest BCUT2D eigenvalue weighted by Crippen LogP contribution is 2.47. The topological polar surface area (TPSA) is 6.48 Å². The number of rotatable bonds is 7. The summed E-state index contributed by atoms with van der Waals surface area (Å²) >= 11 is 0. The molecule has 2 nitrogen and oxygen atoms in total. The summed E-state index contributed by atoms with van der Waals surface area (Å²) in [5.41, 5.74) is 13.0. The van der Waals surface area contributed by atoms with Crippen LogP contribution in [-0.2, 0) is 5.41 Å². The number of hydrogen-bond acceptors (Lipinski definition) is 2. The largest absolute Gasteiger partial charge is 0.310 e. The summed E-state index contributed by atoms with van der Waals surface area (Å²) in [7, 11) is 0. The third-order valence-corrected chi connectivity index (χ3v) is 10.2. The van der Waals surface area contributed by atoms with E-state index in [1.807, 2.05) is 0 Å². The van der Waals surface area contributed by atoms with Crippen LogP contribution in [-0.4, -0.2) is 0 Å². The number of anilines is 6. The molecule has 0 aliphatic carbocycles. The SMILES string of the molecule is C=C(C)c1ccc(N(c2cccc(C)c2)c2ccc3ccc4c(N(c5ccc(C(C)(C)C)cc5)c5cccc(C)c5)ccc5ccc2c3c54)cc1. The zero-order chi connectivity index (χ0) is 35.4. The van der Waals surface area contributed by atoms with Gasteiger partial charge in [0.1, 0.15) is 0 Å². The van der Waals surface area contributed by atoms with Crippen LogP contribution in [0.15, 0.2) is 152 Å². The fourth-order valence-corrected chi connectivity index (χ4v) is 7.55. The van der Waals surface area contributed by atoms with E-state index in [1.54, 1.807) is 0 Å². The molecular formula is C49H44N2. The third-order valence-electron chi connectivity index (χ3n) is 10.2. The molecule has 0 aliphatic heterocycles. The molecule has 2 heteroatoms. The van der Waals surface area contributed by atoms with Crippen LogP contribution in [0.5, 0.6) is 0 Å². The zero-order valence-corrected chi connectivity index (χ0v) is 30.5. The van der Waals surface area contributed by atoms with Crippen molar-refractivity contribution in [1.82, 2.24) is 0 Å². The highest BCUT2D eigenvalue weighted by atomic mass is 15.1. The molecule has 0 amide bonds. The van der Waals surface area contributed by atoms with Gasteiger partial charge in [-0.2, -0.15) is 0 Å². The maximum absolute atomic E-state index is 4.17. The predicted octanol–water partition coefficient (Wildman–Crippen LogP) is 14.5. The first-order chi connectivity index (χ1) is 24.6. The monoisotopic (exact) mass is 660 g/mol. The molecule has 0 bridgehead atoms. The lowest BCUT2D eigenvalue weighted by Gasteiger charge is -2.30. The van der Waals surface area contributed by atoms with Crippen molar-refractivity contribution < 1.29 is 0 Å². The van der Waals surface area contributed by atoms with Gasteiger partial charge in [-0.15, -0.1) is 0 Å². The molecule has 0 radical (unpaired) electrons. The van der Waals surface area contributed by atoms with Crippen LogP contribution in [0.3, 0.4) is 0 Å². The molecule has 0 heterocycles. The van der Waals surface area contributed by atoms with Crippen molar-refractivity contribution in [2.75, 3.05) is 9.80 Å². The quantitative estimate of drug-likeness (QED) is 0.157. The van der Waals surface area contributed by atoms with Gasteiger partial charge in [0.05, 0.1) is 11.4 Å². The molecule has 0 aromatic heterocycles. The van der Waals surface area contributed by atoms with Crippen LogP contribution < -0.4 is 9.80 Å². The van der Waals surface area contributed by atoms with Gasteiger partial charge >= 0.3 is 0 Å². The van der Waals surface area contributed by atoms with Gasteiger partial charge in [-0.1, -0.05) is 118 Å². The second-order valence-electron chi connectivity index (χ2n) is 15.1. The van der Waals surface area contributed by atoms with Gasteiger partial charge in [-0.05, 0) is 131 Å². The Balaban J connectivity index is 1.38. The normalized spacial score (nSPS) is 11.8. The molecular weight excluding hydrogens is 617 g/mol. The average molecular weight is 661 g/mol. The Hall–Kier alpha value is -5.86. The van der Waals surface area contributed by atoms with Gasteiger partial charge in [-0.25, -0.2) is 0 Å². The molecule has 0 saturated heterocycles. The fraction of sp³-hybridized carbons (Fsp3) is 0.143. The highest BCUT2D eigenvalue weighted by molar-refractivity contribution is 6.28. The smallest absolute Gasteiger partial charge is 0.0540 e. The Morgan fingerprint density at radius 2 is 0.922 bits per heavy atom. The summed E-state index contributed by atoms with van der Waals surface area (Å²) in [4.78, 5) is 4.83. The van der Waals surface area contributed by atoms with Crippen LogP contribution in [0.4, 0.5) is 34.1 Å². The van der Waals surface area contributed by atoms with E-state index in [9.17, 15) is 0 Å². The van der Waals surface area contributed by atoms with Gasteiger partial charge in [0.15, 0.2) is 0 Å². The van der Waals surface area contributed by atoms with Crippen LogP contribution >= 0.6 is 0 Å². The minimum absolute atomic E-state index is 0.0797. The molecule has 0 saturated carbocycles. The Kier molecular flexibility index (Phi) is 7.91. The third kappa shape index (κ3) is 5.81. The maximum Gasteiger partial charge on any atom is 0.0540 e. The predicted molar refractivity (Wildman–Crippen MR) is 222 cm³/mol. The van der Waals surface area contributed by atoms with Gasteiger partial charge in [0, 0.05) is 33.5 Å². The van der Waals surface area contributed by atoms with Crippen LogP contribution in [0.1, 0.15) is 49.9 Å². The van der Waals surface area contributed by atoms with E-state index in [2.05, 4.69) is 204 Å². The summed E-state index contributed by atoms with van der Waals surface area (Å²) in [6.07, 6.45) is 0. The van der Waals surface area contributed by atoms with Gasteiger partial charge < -0.3 is 9.80 Å². The first kappa shape index (κ1) is 32.4. The minimum Gasteiger partial charge on any atom is -0.310 e. The second-order valence-corrected chi connectivity index (χ2v) is 15.1. The second kappa shape index (κ2) is 12.5. The Bertz CT molecular complexity index is 2550. The van der Waals surface area contributed by atoms with E-state index in [0.29, 0.717) is 0 Å². The molecule has 0 N–H and O–H groups in total. The lowest BCUT2D eigenvalue weighted by molar-refractivity contribution is 0.590. The minimum atomic E-state index is 0.0797. The van der Waals surface area contributed by atoms with Crippen LogP contribution in [0.25, 0.3) is 37.9 Å². The maximum atomic E-state index is 4.17. The first-order valence-electron chi connectivity index (χ1n) is 17.9. The van der Waals surface area contributed by atoms with E-state index in [1.165, 1.54) is 54.7 Å². The molecule has 51 heavy (non-hydrogen) atoms. The summed E-state index contributed by atoms with van der Waals surface area (Å²) in [6, 6.07) is 53.9. The van der Waals surface area contributed by atoms with Crippen molar-refractivity contribution in [2.45, 2.75) is 47.0 Å². The molecule has 8 rings (SSSR count). The van der Waals surface area contributed by atoms with E-state index in [4.69, 9.17) is 0 Å². The fourth-order valence-electron chi connectivity index (χ4n) is 7.55. The van der Waals surface area contributed by atoms with Crippen LogP contribution in [0.2, 0.25) is 0 Å². The van der Waals surface area contributed by atoms with Crippen molar-refractivity contribution in [3.05, 3.63) is 174 Å². The molecule has 0 unspecified atom stereocenters. The number of aryl methyl sites for hydroxylation is 2. The van der Waals surface area contributed by atoms with E-state index in [-0.39, 0.29) is 5.41 Å². The molecule has 0 spiro atoms. The Morgan fingerprint density at radius 3 is 1.33 bits per heavy atom. The van der Waals surface area contributed by atoms with Gasteiger partial charge in [-0.3, -0.25) is 0 Å². The molecule has 250 valence electrons. The average Bonchev–Trinajstić information content (AvgIpc) is 3.12. The van der Waals surface area contributed by atoms with Crippen molar-refractivity contribution in [3.8, 4) is 0 Å². The summed E-state index contributed by atoms with van der Waals surface area (Å²) in [6.45, 7) is 17.4. The van der Waals surface area contributed by atoms with Crippen molar-refractivity contribution in [3.63, 3.8) is 0 Å². The molecule has 8 aromatic carbocycles. The molecule has 0 atom stereocenters. The van der Waals surface area contributed by atoms with Crippen molar-refractivity contribution >= 4 is 72.0 Å². The Labute approximate surface area is 302 Å². The number of nitrogens with zero attached hydrogens (tertiary/aromatic N) is 2.